The molecule has 0 aromatic rings. The van der Waals surface area contributed by atoms with Gasteiger partial charge in [-0.15, -0.1) is 0 Å². The number of nitrogens with zero attached hydrogens (tertiary/aromatic N) is 1. The van der Waals surface area contributed by atoms with Crippen molar-refractivity contribution in [2.75, 3.05) is 59.8 Å². The Morgan fingerprint density at radius 1 is 1.29 bits per heavy atom. The van der Waals surface area contributed by atoms with Gasteiger partial charge in [0.15, 0.2) is 0 Å². The van der Waals surface area contributed by atoms with E-state index in [-0.39, 0.29) is 12.3 Å². The van der Waals surface area contributed by atoms with E-state index in [4.69, 9.17) is 19.3 Å². The van der Waals surface area contributed by atoms with Crippen LogP contribution < -0.4 is 5.32 Å². The van der Waals surface area contributed by atoms with Gasteiger partial charge in [0.1, 0.15) is 0 Å². The number of nitrogens with one attached hydrogen (secondary N) is 1. The Kier molecular flexibility index (Phi) is 8.91. The molecule has 0 aliphatic carbocycles. The van der Waals surface area contributed by atoms with Crippen molar-refractivity contribution >= 4 is 11.9 Å². The van der Waals surface area contributed by atoms with Crippen molar-refractivity contribution in [3.8, 4) is 0 Å². The van der Waals surface area contributed by atoms with E-state index >= 15 is 0 Å². The van der Waals surface area contributed by atoms with Crippen LogP contribution in [0.15, 0.2) is 0 Å². The Morgan fingerprint density at radius 3 is 2.62 bits per heavy atom. The smallest absolute Gasteiger partial charge is 0.305 e. The van der Waals surface area contributed by atoms with E-state index in [0.717, 1.165) is 0 Å². The summed E-state index contributed by atoms with van der Waals surface area (Å²) in [4.78, 5) is 24.3. The molecule has 1 heterocycles. The highest BCUT2D eigenvalue weighted by Gasteiger charge is 2.31. The first-order valence-corrected chi connectivity index (χ1v) is 7.03. The minimum Gasteiger partial charge on any atom is -0.481 e. The summed E-state index contributed by atoms with van der Waals surface area (Å²) in [6.07, 6.45) is -0.189. The third-order valence-corrected chi connectivity index (χ3v) is 3.14. The largest absolute Gasteiger partial charge is 0.481 e. The van der Waals surface area contributed by atoms with Crippen molar-refractivity contribution in [3.63, 3.8) is 0 Å². The van der Waals surface area contributed by atoms with Crippen LogP contribution in [-0.2, 0) is 23.8 Å². The molecule has 0 bridgehead atoms. The number of carbonyl (C=O) groups is 2. The summed E-state index contributed by atoms with van der Waals surface area (Å²) in [7, 11) is 1.61. The Labute approximate surface area is 124 Å². The molecule has 1 rings (SSSR count). The number of aliphatic carboxylic acids is 1. The molecule has 0 aromatic heterocycles. The van der Waals surface area contributed by atoms with Crippen molar-refractivity contribution < 1.29 is 28.9 Å². The second kappa shape index (κ2) is 10.5. The molecule has 2 N–H and O–H groups in total. The quantitative estimate of drug-likeness (QED) is 0.470. The molecular formula is C13H24N2O6. The molecule has 8 nitrogen and oxygen atoms in total. The number of carboxylic acid groups (broad SMARTS) is 1. The van der Waals surface area contributed by atoms with E-state index < -0.39 is 12.0 Å². The molecule has 1 aliphatic heterocycles. The van der Waals surface area contributed by atoms with Gasteiger partial charge in [-0.05, 0) is 0 Å². The number of carboxylic acids is 1. The third-order valence-electron chi connectivity index (χ3n) is 3.14. The van der Waals surface area contributed by atoms with Gasteiger partial charge in [-0.1, -0.05) is 0 Å². The summed E-state index contributed by atoms with van der Waals surface area (Å²) >= 11 is 0. The van der Waals surface area contributed by atoms with Crippen molar-refractivity contribution in [1.29, 1.82) is 0 Å². The first kappa shape index (κ1) is 17.8. The Balaban J connectivity index is 2.16. The predicted molar refractivity (Wildman–Crippen MR) is 74.1 cm³/mol. The molecule has 1 aliphatic rings. The van der Waals surface area contributed by atoms with E-state index in [9.17, 15) is 9.59 Å². The van der Waals surface area contributed by atoms with Crippen LogP contribution in [-0.4, -0.2) is 87.7 Å². The van der Waals surface area contributed by atoms with Crippen LogP contribution in [0.2, 0.25) is 0 Å². The van der Waals surface area contributed by atoms with Crippen LogP contribution in [0.5, 0.6) is 0 Å². The maximum absolute atomic E-state index is 11.7. The Bertz CT molecular complexity index is 326. The van der Waals surface area contributed by atoms with Crippen LogP contribution in [0, 0.1) is 0 Å². The molecule has 1 saturated heterocycles. The molecule has 0 saturated carbocycles. The van der Waals surface area contributed by atoms with Crippen LogP contribution in [0.4, 0.5) is 0 Å². The summed E-state index contributed by atoms with van der Waals surface area (Å²) in [5, 5.41) is 11.5. The number of hydrogen-bond acceptors (Lipinski definition) is 6. The van der Waals surface area contributed by atoms with E-state index in [1.54, 1.807) is 7.11 Å². The fourth-order valence-corrected chi connectivity index (χ4v) is 2.06. The van der Waals surface area contributed by atoms with Crippen LogP contribution in [0.25, 0.3) is 0 Å². The second-order valence-corrected chi connectivity index (χ2v) is 4.66. The number of ether oxygens (including phenoxy) is 3. The molecule has 0 aromatic carbocycles. The fraction of sp³-hybridized carbons (Fsp3) is 0.846. The molecule has 122 valence electrons. The molecule has 1 atom stereocenters. The van der Waals surface area contributed by atoms with Crippen LogP contribution >= 0.6 is 0 Å². The lowest BCUT2D eigenvalue weighted by molar-refractivity contribution is -0.143. The van der Waals surface area contributed by atoms with Crippen molar-refractivity contribution in [1.82, 2.24) is 10.2 Å². The summed E-state index contributed by atoms with van der Waals surface area (Å²) in [6, 6.07) is -0.613. The number of amides is 1. The second-order valence-electron chi connectivity index (χ2n) is 4.66. The van der Waals surface area contributed by atoms with Crippen molar-refractivity contribution in [2.45, 2.75) is 12.5 Å². The van der Waals surface area contributed by atoms with Gasteiger partial charge in [0.2, 0.25) is 5.91 Å². The molecule has 1 fully saturated rings. The zero-order valence-corrected chi connectivity index (χ0v) is 12.4. The van der Waals surface area contributed by atoms with Gasteiger partial charge < -0.3 is 24.6 Å². The maximum Gasteiger partial charge on any atom is 0.305 e. The molecule has 1 amide bonds. The lowest BCUT2D eigenvalue weighted by atomic mass is 10.1. The highest BCUT2D eigenvalue weighted by atomic mass is 16.5. The minimum atomic E-state index is -0.977. The average molecular weight is 304 g/mol. The molecule has 21 heavy (non-hydrogen) atoms. The van der Waals surface area contributed by atoms with Gasteiger partial charge in [-0.3, -0.25) is 14.5 Å². The Hall–Kier alpha value is -1.22. The number of hydrogen-bond donors (Lipinski definition) is 2. The number of methoxy groups -OCH3 is 1. The van der Waals surface area contributed by atoms with E-state index in [0.29, 0.717) is 52.7 Å². The topological polar surface area (TPSA) is 97.3 Å². The van der Waals surface area contributed by atoms with Gasteiger partial charge in [-0.2, -0.15) is 0 Å². The van der Waals surface area contributed by atoms with E-state index in [2.05, 4.69) is 5.32 Å². The fourth-order valence-electron chi connectivity index (χ4n) is 2.06. The molecule has 0 spiro atoms. The van der Waals surface area contributed by atoms with Gasteiger partial charge in [0.05, 0.1) is 45.5 Å². The van der Waals surface area contributed by atoms with E-state index in [1.165, 1.54) is 0 Å². The first-order valence-electron chi connectivity index (χ1n) is 7.03. The van der Waals surface area contributed by atoms with E-state index in [1.807, 2.05) is 4.90 Å². The van der Waals surface area contributed by atoms with Gasteiger partial charge >= 0.3 is 5.97 Å². The average Bonchev–Trinajstić information content (AvgIpc) is 2.44. The van der Waals surface area contributed by atoms with Gasteiger partial charge in [0.25, 0.3) is 0 Å². The normalized spacial score (nSPS) is 19.5. The van der Waals surface area contributed by atoms with Crippen molar-refractivity contribution in [2.24, 2.45) is 0 Å². The number of piperazine rings is 1. The number of carbonyl (C=O) groups excluding carboxylic acids is 1. The standard InChI is InChI=1S/C13H24N2O6/c1-19-6-7-21-9-8-20-5-4-15-3-2-14-13(18)11(15)10-12(16)17/h11H,2-10H2,1H3,(H,14,18)(H,16,17). The molecular weight excluding hydrogens is 280 g/mol. The summed E-state index contributed by atoms with van der Waals surface area (Å²) in [5.41, 5.74) is 0. The molecule has 0 radical (unpaired) electrons. The maximum atomic E-state index is 11.7. The lowest BCUT2D eigenvalue weighted by Gasteiger charge is -2.33. The third kappa shape index (κ3) is 7.37. The van der Waals surface area contributed by atoms with Gasteiger partial charge in [0, 0.05) is 26.7 Å². The summed E-state index contributed by atoms with van der Waals surface area (Å²) < 4.78 is 15.5. The monoisotopic (exact) mass is 304 g/mol. The zero-order valence-electron chi connectivity index (χ0n) is 12.4. The number of rotatable bonds is 11. The SMILES string of the molecule is COCCOCCOCCN1CCNC(=O)C1CC(=O)O. The highest BCUT2D eigenvalue weighted by molar-refractivity contribution is 5.86. The Morgan fingerprint density at radius 2 is 1.95 bits per heavy atom. The van der Waals surface area contributed by atoms with Crippen molar-refractivity contribution in [3.05, 3.63) is 0 Å². The van der Waals surface area contributed by atoms with Crippen LogP contribution in [0.3, 0.4) is 0 Å². The van der Waals surface area contributed by atoms with Crippen LogP contribution in [0.1, 0.15) is 6.42 Å². The summed E-state index contributed by atoms with van der Waals surface area (Å²) in [5.74, 6) is -1.21. The van der Waals surface area contributed by atoms with Gasteiger partial charge in [-0.25, -0.2) is 0 Å². The summed E-state index contributed by atoms with van der Waals surface area (Å²) in [6.45, 7) is 4.19. The predicted octanol–water partition coefficient (Wildman–Crippen LogP) is -1.06. The lowest BCUT2D eigenvalue weighted by Crippen LogP contribution is -2.56. The zero-order chi connectivity index (χ0) is 15.5. The first-order chi connectivity index (χ1) is 10.1. The minimum absolute atomic E-state index is 0.189. The molecule has 1 unspecified atom stereocenters. The highest BCUT2D eigenvalue weighted by Crippen LogP contribution is 2.08. The molecule has 8 heteroatoms.